The summed E-state index contributed by atoms with van der Waals surface area (Å²) < 4.78 is 0. The summed E-state index contributed by atoms with van der Waals surface area (Å²) in [5.74, 6) is 0.0921. The molecular formula is C9H17N3O2. The van der Waals surface area contributed by atoms with E-state index in [0.717, 1.165) is 13.0 Å². The van der Waals surface area contributed by atoms with Crippen LogP contribution in [0.3, 0.4) is 0 Å². The summed E-state index contributed by atoms with van der Waals surface area (Å²) in [6.45, 7) is 1.94. The van der Waals surface area contributed by atoms with Gasteiger partial charge in [-0.2, -0.15) is 0 Å². The minimum absolute atomic E-state index is 0.0921. The molecule has 5 nitrogen and oxygen atoms in total. The zero-order valence-corrected chi connectivity index (χ0v) is 8.15. The Bertz CT molecular complexity index is 212. The van der Waals surface area contributed by atoms with Crippen LogP contribution in [-0.2, 0) is 4.79 Å². The van der Waals surface area contributed by atoms with Gasteiger partial charge in [0.1, 0.15) is 0 Å². The molecule has 0 aliphatic carbocycles. The van der Waals surface area contributed by atoms with E-state index in [4.69, 9.17) is 5.73 Å². The van der Waals surface area contributed by atoms with Crippen LogP contribution in [0.15, 0.2) is 0 Å². The fraction of sp³-hybridized carbons (Fsp3) is 0.889. The number of nitrogens with two attached hydrogens (primary N) is 1. The lowest BCUT2D eigenvalue weighted by Crippen LogP contribution is -2.43. The van der Waals surface area contributed by atoms with Gasteiger partial charge in [0.2, 0.25) is 5.91 Å². The van der Waals surface area contributed by atoms with Gasteiger partial charge in [0, 0.05) is 25.7 Å². The summed E-state index contributed by atoms with van der Waals surface area (Å²) in [4.78, 5) is 13.6. The first-order valence-corrected chi connectivity index (χ1v) is 5.12. The Balaban J connectivity index is 1.89. The summed E-state index contributed by atoms with van der Waals surface area (Å²) in [6, 6.07) is -0.0689. The highest BCUT2D eigenvalue weighted by atomic mass is 16.3. The topological polar surface area (TPSA) is 78.6 Å². The van der Waals surface area contributed by atoms with E-state index in [9.17, 15) is 9.90 Å². The molecule has 0 saturated carbocycles. The number of amides is 1. The van der Waals surface area contributed by atoms with Gasteiger partial charge < -0.3 is 21.1 Å². The molecule has 3 atom stereocenters. The Morgan fingerprint density at radius 2 is 2.36 bits per heavy atom. The minimum Gasteiger partial charge on any atom is -0.392 e. The molecule has 0 aromatic carbocycles. The SMILES string of the molecule is NC1CCN(C(=O)[C@H]2C[C@H](O)CN2)C1. The minimum atomic E-state index is -0.375. The van der Waals surface area contributed by atoms with E-state index in [1.54, 1.807) is 4.90 Å². The highest BCUT2D eigenvalue weighted by Crippen LogP contribution is 2.13. The lowest BCUT2D eigenvalue weighted by Gasteiger charge is -2.19. The second-order valence-electron chi connectivity index (χ2n) is 4.18. The van der Waals surface area contributed by atoms with E-state index in [1.807, 2.05) is 0 Å². The second-order valence-corrected chi connectivity index (χ2v) is 4.18. The lowest BCUT2D eigenvalue weighted by molar-refractivity contribution is -0.132. The number of hydrogen-bond acceptors (Lipinski definition) is 4. The Labute approximate surface area is 83.3 Å². The van der Waals surface area contributed by atoms with Gasteiger partial charge in [0.05, 0.1) is 12.1 Å². The van der Waals surface area contributed by atoms with E-state index >= 15 is 0 Å². The first-order valence-electron chi connectivity index (χ1n) is 5.12. The second kappa shape index (κ2) is 3.84. The predicted octanol–water partition coefficient (Wildman–Crippen LogP) is -1.73. The highest BCUT2D eigenvalue weighted by molar-refractivity contribution is 5.82. The van der Waals surface area contributed by atoms with Crippen molar-refractivity contribution in [1.82, 2.24) is 10.2 Å². The monoisotopic (exact) mass is 199 g/mol. The number of hydrogen-bond donors (Lipinski definition) is 3. The number of aliphatic hydroxyl groups excluding tert-OH is 1. The van der Waals surface area contributed by atoms with Crippen molar-refractivity contribution in [3.63, 3.8) is 0 Å². The third-order valence-corrected chi connectivity index (χ3v) is 2.94. The maximum absolute atomic E-state index is 11.8. The number of carbonyl (C=O) groups excluding carboxylic acids is 1. The first-order chi connectivity index (χ1) is 6.66. The van der Waals surface area contributed by atoms with Gasteiger partial charge >= 0.3 is 0 Å². The first kappa shape index (κ1) is 9.89. The quantitative estimate of drug-likeness (QED) is 0.469. The van der Waals surface area contributed by atoms with Crippen LogP contribution in [0.2, 0.25) is 0 Å². The van der Waals surface area contributed by atoms with Crippen LogP contribution in [0.5, 0.6) is 0 Å². The third-order valence-electron chi connectivity index (χ3n) is 2.94. The summed E-state index contributed by atoms with van der Waals surface area (Å²) in [7, 11) is 0. The largest absolute Gasteiger partial charge is 0.392 e. The van der Waals surface area contributed by atoms with Gasteiger partial charge in [-0.3, -0.25) is 4.79 Å². The zero-order valence-electron chi connectivity index (χ0n) is 8.15. The van der Waals surface area contributed by atoms with Gasteiger partial charge in [-0.05, 0) is 12.8 Å². The van der Waals surface area contributed by atoms with E-state index in [1.165, 1.54) is 0 Å². The van der Waals surface area contributed by atoms with Crippen molar-refractivity contribution in [3.8, 4) is 0 Å². The fourth-order valence-electron chi connectivity index (χ4n) is 2.11. The molecule has 0 radical (unpaired) electrons. The summed E-state index contributed by atoms with van der Waals surface area (Å²) in [6.07, 6.45) is 1.05. The standard InChI is InChI=1S/C9H17N3O2/c10-6-1-2-12(5-6)9(14)8-3-7(13)4-11-8/h6-8,11,13H,1-5,10H2/t6?,7-,8+/m0/s1. The van der Waals surface area contributed by atoms with E-state index in [-0.39, 0.29) is 24.1 Å². The van der Waals surface area contributed by atoms with Crippen molar-refractivity contribution in [2.24, 2.45) is 5.73 Å². The van der Waals surface area contributed by atoms with Crippen molar-refractivity contribution in [2.75, 3.05) is 19.6 Å². The van der Waals surface area contributed by atoms with Gasteiger partial charge in [0.25, 0.3) is 0 Å². The lowest BCUT2D eigenvalue weighted by atomic mass is 10.2. The molecule has 5 heteroatoms. The Kier molecular flexibility index (Phi) is 2.71. The molecule has 0 aromatic rings. The molecule has 80 valence electrons. The van der Waals surface area contributed by atoms with Crippen LogP contribution in [-0.4, -0.2) is 53.7 Å². The third kappa shape index (κ3) is 1.89. The molecule has 1 amide bonds. The summed E-state index contributed by atoms with van der Waals surface area (Å²) in [5.41, 5.74) is 5.73. The van der Waals surface area contributed by atoms with Crippen LogP contribution in [0.1, 0.15) is 12.8 Å². The average Bonchev–Trinajstić information content (AvgIpc) is 2.73. The van der Waals surface area contributed by atoms with Crippen molar-refractivity contribution >= 4 is 5.91 Å². The molecule has 2 rings (SSSR count). The Morgan fingerprint density at radius 1 is 1.57 bits per heavy atom. The van der Waals surface area contributed by atoms with Crippen molar-refractivity contribution in [1.29, 1.82) is 0 Å². The summed E-state index contributed by atoms with van der Waals surface area (Å²) >= 11 is 0. The van der Waals surface area contributed by atoms with Crippen LogP contribution in [0.25, 0.3) is 0 Å². The van der Waals surface area contributed by atoms with Crippen molar-refractivity contribution < 1.29 is 9.90 Å². The molecule has 0 bridgehead atoms. The molecule has 0 aromatic heterocycles. The van der Waals surface area contributed by atoms with E-state index < -0.39 is 0 Å². The predicted molar refractivity (Wildman–Crippen MR) is 51.6 cm³/mol. The van der Waals surface area contributed by atoms with Crippen LogP contribution >= 0.6 is 0 Å². The van der Waals surface area contributed by atoms with Crippen LogP contribution in [0, 0.1) is 0 Å². The Morgan fingerprint density at radius 3 is 2.86 bits per heavy atom. The number of nitrogens with zero attached hydrogens (tertiary/aromatic N) is 1. The van der Waals surface area contributed by atoms with Crippen molar-refractivity contribution in [2.45, 2.75) is 31.0 Å². The smallest absolute Gasteiger partial charge is 0.239 e. The number of nitrogens with one attached hydrogen (secondary N) is 1. The fourth-order valence-corrected chi connectivity index (χ4v) is 2.11. The molecule has 1 unspecified atom stereocenters. The zero-order chi connectivity index (χ0) is 10.1. The molecular weight excluding hydrogens is 182 g/mol. The molecule has 4 N–H and O–H groups in total. The number of likely N-dealkylation sites (tertiary alicyclic amines) is 1. The van der Waals surface area contributed by atoms with Crippen LogP contribution in [0.4, 0.5) is 0 Å². The maximum atomic E-state index is 11.8. The van der Waals surface area contributed by atoms with Gasteiger partial charge in [-0.1, -0.05) is 0 Å². The number of β-amino-alcohol motifs (C(OH)–C–C–N with tert-alkyl or cyclic N) is 1. The number of aliphatic hydroxyl groups is 1. The number of rotatable bonds is 1. The normalized spacial score (nSPS) is 37.9. The average molecular weight is 199 g/mol. The molecule has 14 heavy (non-hydrogen) atoms. The summed E-state index contributed by atoms with van der Waals surface area (Å²) in [5, 5.41) is 12.3. The van der Waals surface area contributed by atoms with E-state index in [0.29, 0.717) is 19.5 Å². The molecule has 2 heterocycles. The molecule has 2 fully saturated rings. The molecule has 2 aliphatic rings. The molecule has 2 aliphatic heterocycles. The van der Waals surface area contributed by atoms with E-state index in [2.05, 4.69) is 5.32 Å². The molecule has 0 spiro atoms. The Hall–Kier alpha value is -0.650. The van der Waals surface area contributed by atoms with Gasteiger partial charge in [-0.25, -0.2) is 0 Å². The highest BCUT2D eigenvalue weighted by Gasteiger charge is 2.33. The van der Waals surface area contributed by atoms with Crippen molar-refractivity contribution in [3.05, 3.63) is 0 Å². The number of carbonyl (C=O) groups is 1. The molecule has 2 saturated heterocycles. The maximum Gasteiger partial charge on any atom is 0.239 e. The van der Waals surface area contributed by atoms with Crippen LogP contribution < -0.4 is 11.1 Å². The van der Waals surface area contributed by atoms with Gasteiger partial charge in [-0.15, -0.1) is 0 Å². The van der Waals surface area contributed by atoms with Gasteiger partial charge in [0.15, 0.2) is 0 Å².